The SMILES string of the molecule is CC(C)=CCC[C@@]1(C)[C@@H]2CC[C@]34CCC[C@H]3[C@@]1(CCCOCc1ccccc1)C=[N+](C)[C@H]24. The van der Waals surface area contributed by atoms with Crippen molar-refractivity contribution < 1.29 is 9.31 Å². The summed E-state index contributed by atoms with van der Waals surface area (Å²) in [6, 6.07) is 11.4. The van der Waals surface area contributed by atoms with Crippen molar-refractivity contribution >= 4 is 6.21 Å². The first-order valence-corrected chi connectivity index (χ1v) is 13.3. The summed E-state index contributed by atoms with van der Waals surface area (Å²) >= 11 is 0. The number of allylic oxidation sites excluding steroid dienone is 2. The van der Waals surface area contributed by atoms with Crippen LogP contribution in [-0.2, 0) is 11.3 Å². The average molecular weight is 435 g/mol. The van der Waals surface area contributed by atoms with Crippen molar-refractivity contribution in [1.29, 1.82) is 0 Å². The zero-order chi connectivity index (χ0) is 22.4. The Bertz CT molecular complexity index is 883. The summed E-state index contributed by atoms with van der Waals surface area (Å²) in [6.45, 7) is 8.84. The molecule has 0 unspecified atom stereocenters. The number of hydrogen-bond acceptors (Lipinski definition) is 1. The van der Waals surface area contributed by atoms with Gasteiger partial charge in [0.15, 0.2) is 6.04 Å². The molecule has 174 valence electrons. The van der Waals surface area contributed by atoms with Crippen LogP contribution in [0.3, 0.4) is 0 Å². The van der Waals surface area contributed by atoms with Crippen LogP contribution in [0.5, 0.6) is 0 Å². The maximum absolute atomic E-state index is 6.16. The van der Waals surface area contributed by atoms with Crippen molar-refractivity contribution in [2.45, 2.75) is 91.2 Å². The highest BCUT2D eigenvalue weighted by atomic mass is 16.5. The maximum Gasteiger partial charge on any atom is 0.161 e. The van der Waals surface area contributed by atoms with Gasteiger partial charge in [-0.15, -0.1) is 0 Å². The van der Waals surface area contributed by atoms with Crippen molar-refractivity contribution in [3.05, 3.63) is 47.5 Å². The Balaban J connectivity index is 1.38. The molecule has 6 rings (SSSR count). The second kappa shape index (κ2) is 8.42. The van der Waals surface area contributed by atoms with Crippen molar-refractivity contribution in [2.75, 3.05) is 13.7 Å². The molecule has 3 saturated carbocycles. The van der Waals surface area contributed by atoms with Crippen molar-refractivity contribution in [3.8, 4) is 0 Å². The number of benzene rings is 1. The minimum atomic E-state index is 0.347. The monoisotopic (exact) mass is 434 g/mol. The van der Waals surface area contributed by atoms with Crippen LogP contribution in [0.15, 0.2) is 42.0 Å². The third-order valence-corrected chi connectivity index (χ3v) is 10.3. The Labute approximate surface area is 196 Å². The van der Waals surface area contributed by atoms with E-state index in [1.807, 2.05) is 0 Å². The highest BCUT2D eigenvalue weighted by Crippen LogP contribution is 2.77. The smallest absolute Gasteiger partial charge is 0.161 e. The Hall–Kier alpha value is -1.41. The van der Waals surface area contributed by atoms with Crippen LogP contribution in [-0.4, -0.2) is 30.5 Å². The molecule has 0 aromatic heterocycles. The summed E-state index contributed by atoms with van der Waals surface area (Å²) in [5, 5.41) is 0. The van der Waals surface area contributed by atoms with Gasteiger partial charge in [0.25, 0.3) is 0 Å². The normalized spacial score (nSPS) is 39.1. The maximum atomic E-state index is 6.16. The molecule has 1 aromatic rings. The Morgan fingerprint density at radius 3 is 2.72 bits per heavy atom. The second-order valence-corrected chi connectivity index (χ2v) is 12.0. The predicted molar refractivity (Wildman–Crippen MR) is 133 cm³/mol. The molecule has 2 heteroatoms. The third kappa shape index (κ3) is 3.27. The van der Waals surface area contributed by atoms with E-state index in [9.17, 15) is 0 Å². The van der Waals surface area contributed by atoms with E-state index in [4.69, 9.17) is 4.74 Å². The first-order valence-electron chi connectivity index (χ1n) is 13.3. The molecule has 0 amide bonds. The van der Waals surface area contributed by atoms with E-state index in [2.05, 4.69) is 75.0 Å². The third-order valence-electron chi connectivity index (χ3n) is 10.3. The van der Waals surface area contributed by atoms with Gasteiger partial charge >= 0.3 is 0 Å². The van der Waals surface area contributed by atoms with E-state index in [0.717, 1.165) is 31.1 Å². The molecule has 32 heavy (non-hydrogen) atoms. The molecule has 2 nitrogen and oxygen atoms in total. The van der Waals surface area contributed by atoms with Crippen molar-refractivity contribution in [3.63, 3.8) is 0 Å². The number of nitrogens with zero attached hydrogens (tertiary/aromatic N) is 1. The first-order chi connectivity index (χ1) is 15.4. The van der Waals surface area contributed by atoms with Crippen LogP contribution in [0, 0.1) is 28.1 Å². The summed E-state index contributed by atoms with van der Waals surface area (Å²) in [7, 11) is 2.41. The lowest BCUT2D eigenvalue weighted by molar-refractivity contribution is -0.591. The summed E-state index contributed by atoms with van der Waals surface area (Å²) < 4.78 is 8.88. The van der Waals surface area contributed by atoms with Gasteiger partial charge < -0.3 is 4.74 Å². The molecule has 2 aliphatic heterocycles. The number of ether oxygens (including phenoxy) is 1. The van der Waals surface area contributed by atoms with Gasteiger partial charge in [0.1, 0.15) is 13.3 Å². The van der Waals surface area contributed by atoms with Gasteiger partial charge in [-0.05, 0) is 82.1 Å². The molecule has 0 N–H and O–H groups in total. The molecule has 1 aromatic carbocycles. The Morgan fingerprint density at radius 2 is 1.94 bits per heavy atom. The molecule has 0 saturated heterocycles. The molecule has 3 aliphatic carbocycles. The summed E-state index contributed by atoms with van der Waals surface area (Å²) in [5.41, 5.74) is 4.13. The van der Waals surface area contributed by atoms with Gasteiger partial charge in [0.2, 0.25) is 0 Å². The van der Waals surface area contributed by atoms with E-state index in [-0.39, 0.29) is 0 Å². The van der Waals surface area contributed by atoms with Crippen LogP contribution in [0.1, 0.15) is 84.1 Å². The lowest BCUT2D eigenvalue weighted by Gasteiger charge is -2.63. The van der Waals surface area contributed by atoms with Gasteiger partial charge in [-0.1, -0.05) is 55.3 Å². The molecule has 4 bridgehead atoms. The van der Waals surface area contributed by atoms with E-state index >= 15 is 0 Å². The van der Waals surface area contributed by atoms with E-state index < -0.39 is 0 Å². The summed E-state index contributed by atoms with van der Waals surface area (Å²) in [5.74, 6) is 1.75. The van der Waals surface area contributed by atoms with Gasteiger partial charge in [0, 0.05) is 17.9 Å². The fraction of sp³-hybridized carbons (Fsp3) is 0.700. The van der Waals surface area contributed by atoms with E-state index in [1.165, 1.54) is 68.9 Å². The van der Waals surface area contributed by atoms with Crippen LogP contribution in [0.25, 0.3) is 0 Å². The number of rotatable bonds is 9. The molecule has 2 heterocycles. The molecule has 0 radical (unpaired) electrons. The molecule has 3 fully saturated rings. The first kappa shape index (κ1) is 22.4. The van der Waals surface area contributed by atoms with Gasteiger partial charge in [0.05, 0.1) is 12.0 Å². The second-order valence-electron chi connectivity index (χ2n) is 12.0. The van der Waals surface area contributed by atoms with Gasteiger partial charge in [-0.25, -0.2) is 4.58 Å². The predicted octanol–water partition coefficient (Wildman–Crippen LogP) is 7.03. The molecule has 6 atom stereocenters. The van der Waals surface area contributed by atoms with Gasteiger partial charge in [-0.3, -0.25) is 0 Å². The lowest BCUT2D eigenvalue weighted by Crippen LogP contribution is -2.69. The fourth-order valence-corrected chi connectivity index (χ4v) is 9.27. The Kier molecular flexibility index (Phi) is 5.89. The highest BCUT2D eigenvalue weighted by Gasteiger charge is 2.78. The average Bonchev–Trinajstić information content (AvgIpc) is 3.37. The van der Waals surface area contributed by atoms with E-state index in [0.29, 0.717) is 16.2 Å². The van der Waals surface area contributed by atoms with Crippen LogP contribution < -0.4 is 0 Å². The highest BCUT2D eigenvalue weighted by molar-refractivity contribution is 5.67. The molecule has 5 aliphatic rings. The minimum Gasteiger partial charge on any atom is -0.377 e. The largest absolute Gasteiger partial charge is 0.377 e. The van der Waals surface area contributed by atoms with Crippen molar-refractivity contribution in [1.82, 2.24) is 0 Å². The van der Waals surface area contributed by atoms with E-state index in [1.54, 1.807) is 0 Å². The zero-order valence-corrected chi connectivity index (χ0v) is 20.9. The topological polar surface area (TPSA) is 12.2 Å². The quantitative estimate of drug-likeness (QED) is 0.231. The fourth-order valence-electron chi connectivity index (χ4n) is 9.27. The minimum absolute atomic E-state index is 0.347. The van der Waals surface area contributed by atoms with Crippen LogP contribution >= 0.6 is 0 Å². The van der Waals surface area contributed by atoms with Crippen molar-refractivity contribution in [2.24, 2.45) is 28.1 Å². The standard InChI is InChI=1S/C30H44NO/c1-23(2)11-8-16-28(3)25-15-19-29-17-9-14-26(29)30(28,22-31(4)27(25)29)18-10-20-32-21-24-12-6-5-7-13-24/h5-7,11-13,22,25-27H,8-10,14-21H2,1-4H3/q+1/t25-,26-,27-,28+,29-,30-/m1/s1. The number of hydrogen-bond donors (Lipinski definition) is 0. The van der Waals surface area contributed by atoms with Crippen LogP contribution in [0.4, 0.5) is 0 Å². The molecular formula is C30H44NO+. The molecular weight excluding hydrogens is 390 g/mol. The summed E-state index contributed by atoms with van der Waals surface area (Å²) in [4.78, 5) is 0. The lowest BCUT2D eigenvalue weighted by atomic mass is 9.40. The summed E-state index contributed by atoms with van der Waals surface area (Å²) in [6.07, 6.45) is 17.6. The van der Waals surface area contributed by atoms with Gasteiger partial charge in [-0.2, -0.15) is 0 Å². The zero-order valence-electron chi connectivity index (χ0n) is 20.9. The molecule has 1 spiro atoms. The van der Waals surface area contributed by atoms with Crippen LogP contribution in [0.2, 0.25) is 0 Å². The Morgan fingerprint density at radius 1 is 1.12 bits per heavy atom.